The van der Waals surface area contributed by atoms with Crippen molar-refractivity contribution in [3.05, 3.63) is 21.9 Å². The molecule has 0 atom stereocenters. The van der Waals surface area contributed by atoms with Crippen molar-refractivity contribution in [2.24, 2.45) is 0 Å². The average molecular weight is 193 g/mol. The summed E-state index contributed by atoms with van der Waals surface area (Å²) < 4.78 is 0. The topological polar surface area (TPSA) is 29.1 Å². The second-order valence-electron chi connectivity index (χ2n) is 2.55. The molecule has 0 aliphatic heterocycles. The van der Waals surface area contributed by atoms with Gasteiger partial charge in [0.2, 0.25) is 0 Å². The van der Waals surface area contributed by atoms with Crippen LogP contribution in [0.1, 0.15) is 21.5 Å². The van der Waals surface area contributed by atoms with Crippen molar-refractivity contribution >= 4 is 17.1 Å². The molecule has 0 aliphatic rings. The lowest BCUT2D eigenvalue weighted by Gasteiger charge is -1.83. The van der Waals surface area contributed by atoms with Gasteiger partial charge in [-0.25, -0.2) is 0 Å². The molecule has 0 fully saturated rings. The molecule has 1 N–H and O–H groups in total. The van der Waals surface area contributed by atoms with Gasteiger partial charge in [0.15, 0.2) is 5.78 Å². The molecule has 1 rings (SSSR count). The first-order chi connectivity index (χ1) is 6.24. The van der Waals surface area contributed by atoms with E-state index in [-0.39, 0.29) is 5.78 Å². The lowest BCUT2D eigenvalue weighted by Crippen LogP contribution is -2.04. The summed E-state index contributed by atoms with van der Waals surface area (Å²) >= 11 is 1.44. The van der Waals surface area contributed by atoms with Gasteiger partial charge < -0.3 is 5.32 Å². The van der Waals surface area contributed by atoms with Crippen LogP contribution in [0.2, 0.25) is 0 Å². The minimum Gasteiger partial charge on any atom is -0.309 e. The smallest absolute Gasteiger partial charge is 0.169 e. The van der Waals surface area contributed by atoms with Crippen LogP contribution in [-0.2, 0) is 0 Å². The van der Waals surface area contributed by atoms with E-state index in [0.717, 1.165) is 9.75 Å². The van der Waals surface area contributed by atoms with Gasteiger partial charge in [0.1, 0.15) is 0 Å². The maximum absolute atomic E-state index is 10.9. The molecule has 0 saturated heterocycles. The van der Waals surface area contributed by atoms with E-state index in [1.165, 1.54) is 11.3 Å². The van der Waals surface area contributed by atoms with E-state index in [9.17, 15) is 4.79 Å². The van der Waals surface area contributed by atoms with E-state index < -0.39 is 0 Å². The van der Waals surface area contributed by atoms with Gasteiger partial charge in [-0.1, -0.05) is 11.8 Å². The summed E-state index contributed by atoms with van der Waals surface area (Å²) in [6.07, 6.45) is 0. The number of carbonyl (C=O) groups excluding carboxylic acids is 1. The van der Waals surface area contributed by atoms with Crippen LogP contribution in [-0.4, -0.2) is 19.4 Å². The molecule has 68 valence electrons. The monoisotopic (exact) mass is 193 g/mol. The molecule has 0 spiro atoms. The molecular formula is C10H11NOS. The highest BCUT2D eigenvalue weighted by atomic mass is 32.1. The first-order valence-electron chi connectivity index (χ1n) is 3.98. The van der Waals surface area contributed by atoms with Crippen molar-refractivity contribution in [3.63, 3.8) is 0 Å². The van der Waals surface area contributed by atoms with Crippen LogP contribution < -0.4 is 5.32 Å². The number of carbonyl (C=O) groups is 1. The van der Waals surface area contributed by atoms with Crippen LogP contribution in [0.15, 0.2) is 12.1 Å². The lowest BCUT2D eigenvalue weighted by molar-refractivity contribution is 0.102. The highest BCUT2D eigenvalue weighted by Crippen LogP contribution is 2.15. The average Bonchev–Trinajstić information content (AvgIpc) is 2.53. The molecule has 0 unspecified atom stereocenters. The van der Waals surface area contributed by atoms with E-state index in [1.54, 1.807) is 6.92 Å². The number of hydrogen-bond acceptors (Lipinski definition) is 3. The van der Waals surface area contributed by atoms with Crippen LogP contribution in [0.5, 0.6) is 0 Å². The van der Waals surface area contributed by atoms with Gasteiger partial charge in [-0.15, -0.1) is 11.3 Å². The van der Waals surface area contributed by atoms with Crippen molar-refractivity contribution in [2.75, 3.05) is 13.6 Å². The van der Waals surface area contributed by atoms with Crippen LogP contribution >= 0.6 is 11.3 Å². The molecule has 0 radical (unpaired) electrons. The largest absolute Gasteiger partial charge is 0.309 e. The van der Waals surface area contributed by atoms with Crippen LogP contribution in [0.3, 0.4) is 0 Å². The molecule has 1 heterocycles. The second kappa shape index (κ2) is 4.80. The van der Waals surface area contributed by atoms with Gasteiger partial charge in [-0.3, -0.25) is 4.79 Å². The Balaban J connectivity index is 2.71. The van der Waals surface area contributed by atoms with Crippen molar-refractivity contribution in [3.8, 4) is 11.8 Å². The third-order valence-electron chi connectivity index (χ3n) is 1.43. The standard InChI is InChI=1S/C10H11NOS/c1-8(12)10-6-5-9(13-10)4-3-7-11-2/h5-6,11H,7H2,1-2H3. The summed E-state index contributed by atoms with van der Waals surface area (Å²) in [6, 6.07) is 3.69. The minimum absolute atomic E-state index is 0.103. The number of rotatable bonds is 2. The van der Waals surface area contributed by atoms with E-state index >= 15 is 0 Å². The molecule has 3 heteroatoms. The molecule has 0 aliphatic carbocycles. The van der Waals surface area contributed by atoms with E-state index in [4.69, 9.17) is 0 Å². The molecule has 2 nitrogen and oxygen atoms in total. The molecule has 1 aromatic rings. The summed E-state index contributed by atoms with van der Waals surface area (Å²) in [6.45, 7) is 2.24. The van der Waals surface area contributed by atoms with Crippen molar-refractivity contribution in [1.29, 1.82) is 0 Å². The Kier molecular flexibility index (Phi) is 3.69. The zero-order valence-corrected chi connectivity index (χ0v) is 8.49. The number of Topliss-reactive ketones (excluding diaryl/α,β-unsaturated/α-hetero) is 1. The third-order valence-corrected chi connectivity index (χ3v) is 2.53. The predicted molar refractivity (Wildman–Crippen MR) is 55.1 cm³/mol. The van der Waals surface area contributed by atoms with Crippen molar-refractivity contribution < 1.29 is 4.79 Å². The molecule has 1 aromatic heterocycles. The van der Waals surface area contributed by atoms with Crippen LogP contribution in [0, 0.1) is 11.8 Å². The summed E-state index contributed by atoms with van der Waals surface area (Å²) in [5, 5.41) is 2.93. The van der Waals surface area contributed by atoms with Gasteiger partial charge in [0, 0.05) is 0 Å². The quantitative estimate of drug-likeness (QED) is 0.570. The Morgan fingerprint density at radius 2 is 2.38 bits per heavy atom. The number of ketones is 1. The summed E-state index contributed by atoms with van der Waals surface area (Å²) in [5.74, 6) is 6.02. The zero-order chi connectivity index (χ0) is 9.68. The molecular weight excluding hydrogens is 182 g/mol. The molecule has 0 saturated carbocycles. The van der Waals surface area contributed by atoms with Gasteiger partial charge in [0.05, 0.1) is 16.3 Å². The first kappa shape index (κ1) is 9.97. The molecule has 0 bridgehead atoms. The number of thiophene rings is 1. The van der Waals surface area contributed by atoms with Crippen LogP contribution in [0.25, 0.3) is 0 Å². The van der Waals surface area contributed by atoms with E-state index in [1.807, 2.05) is 19.2 Å². The van der Waals surface area contributed by atoms with E-state index in [2.05, 4.69) is 17.2 Å². The Hall–Kier alpha value is -1.11. The van der Waals surface area contributed by atoms with Gasteiger partial charge >= 0.3 is 0 Å². The number of hydrogen-bond donors (Lipinski definition) is 1. The maximum Gasteiger partial charge on any atom is 0.169 e. The van der Waals surface area contributed by atoms with Crippen molar-refractivity contribution in [2.45, 2.75) is 6.92 Å². The highest BCUT2D eigenvalue weighted by molar-refractivity contribution is 7.14. The SMILES string of the molecule is CNCC#Cc1ccc(C(C)=O)s1. The summed E-state index contributed by atoms with van der Waals surface area (Å²) in [4.78, 5) is 12.7. The Bertz CT molecular complexity index is 356. The van der Waals surface area contributed by atoms with E-state index in [0.29, 0.717) is 6.54 Å². The Morgan fingerprint density at radius 3 is 2.92 bits per heavy atom. The highest BCUT2D eigenvalue weighted by Gasteiger charge is 2.01. The fourth-order valence-electron chi connectivity index (χ4n) is 0.814. The molecule has 0 aromatic carbocycles. The second-order valence-corrected chi connectivity index (χ2v) is 3.64. The molecule has 0 amide bonds. The third kappa shape index (κ3) is 3.02. The Labute approximate surface area is 82.0 Å². The summed E-state index contributed by atoms with van der Waals surface area (Å²) in [7, 11) is 1.85. The maximum atomic E-state index is 10.9. The van der Waals surface area contributed by atoms with Gasteiger partial charge in [-0.05, 0) is 26.1 Å². The van der Waals surface area contributed by atoms with Crippen molar-refractivity contribution in [1.82, 2.24) is 5.32 Å². The zero-order valence-electron chi connectivity index (χ0n) is 7.68. The lowest BCUT2D eigenvalue weighted by atomic mass is 10.3. The number of nitrogens with one attached hydrogen (secondary N) is 1. The minimum atomic E-state index is 0.103. The Morgan fingerprint density at radius 1 is 1.62 bits per heavy atom. The van der Waals surface area contributed by atoms with Gasteiger partial charge in [0.25, 0.3) is 0 Å². The fourth-order valence-corrected chi connectivity index (χ4v) is 1.59. The normalized spacial score (nSPS) is 9.08. The predicted octanol–water partition coefficient (Wildman–Crippen LogP) is 1.52. The van der Waals surface area contributed by atoms with Crippen LogP contribution in [0.4, 0.5) is 0 Å². The molecule has 13 heavy (non-hydrogen) atoms. The summed E-state index contributed by atoms with van der Waals surface area (Å²) in [5.41, 5.74) is 0. The first-order valence-corrected chi connectivity index (χ1v) is 4.80. The fraction of sp³-hybridized carbons (Fsp3) is 0.300. The van der Waals surface area contributed by atoms with Gasteiger partial charge in [-0.2, -0.15) is 0 Å².